The molecule has 0 atom stereocenters. The molecule has 0 unspecified atom stereocenters. The van der Waals surface area contributed by atoms with Gasteiger partial charge in [0.05, 0.1) is 23.3 Å². The zero-order chi connectivity index (χ0) is 13.2. The molecule has 0 bridgehead atoms. The maximum atomic E-state index is 9.50. The van der Waals surface area contributed by atoms with Crippen molar-refractivity contribution in [2.75, 3.05) is 5.32 Å². The van der Waals surface area contributed by atoms with Crippen molar-refractivity contribution in [2.45, 2.75) is 37.8 Å². The Morgan fingerprint density at radius 1 is 1.16 bits per heavy atom. The molecule has 0 spiro atoms. The molecule has 0 amide bonds. The van der Waals surface area contributed by atoms with E-state index >= 15 is 0 Å². The van der Waals surface area contributed by atoms with Crippen LogP contribution in [0.3, 0.4) is 0 Å². The molecule has 0 saturated heterocycles. The van der Waals surface area contributed by atoms with Crippen LogP contribution in [0.5, 0.6) is 0 Å². The summed E-state index contributed by atoms with van der Waals surface area (Å²) in [6.45, 7) is 0. The zero-order valence-electron chi connectivity index (χ0n) is 10.5. The average molecular weight is 322 g/mol. The Bertz CT molecular complexity index is 582. The van der Waals surface area contributed by atoms with Crippen molar-refractivity contribution in [3.05, 3.63) is 28.9 Å². The van der Waals surface area contributed by atoms with Gasteiger partial charge in [-0.15, -0.1) is 0 Å². The number of nitrogens with one attached hydrogen (secondary N) is 1. The summed E-state index contributed by atoms with van der Waals surface area (Å²) in [7, 11) is 0. The van der Waals surface area contributed by atoms with Crippen molar-refractivity contribution in [1.29, 1.82) is 0 Å². The Morgan fingerprint density at radius 2 is 1.95 bits per heavy atom. The van der Waals surface area contributed by atoms with E-state index in [1.807, 2.05) is 18.2 Å². The number of benzene rings is 1. The Hall–Kier alpha value is -1.20. The minimum Gasteiger partial charge on any atom is -0.393 e. The first-order valence-corrected chi connectivity index (χ1v) is 7.37. The number of rotatable bonds is 2. The van der Waals surface area contributed by atoms with Crippen LogP contribution in [0, 0.1) is 0 Å². The van der Waals surface area contributed by atoms with Gasteiger partial charge in [0, 0.05) is 10.5 Å². The first-order valence-electron chi connectivity index (χ1n) is 6.57. The molecule has 1 aliphatic rings. The Morgan fingerprint density at radius 3 is 2.74 bits per heavy atom. The van der Waals surface area contributed by atoms with Gasteiger partial charge in [0.1, 0.15) is 5.82 Å². The van der Waals surface area contributed by atoms with E-state index in [1.54, 1.807) is 6.20 Å². The minimum atomic E-state index is -0.128. The predicted molar refractivity (Wildman–Crippen MR) is 79.1 cm³/mol. The fourth-order valence-corrected chi connectivity index (χ4v) is 2.83. The smallest absolute Gasteiger partial charge is 0.145 e. The molecule has 5 heteroatoms. The fourth-order valence-electron chi connectivity index (χ4n) is 2.48. The highest BCUT2D eigenvalue weighted by molar-refractivity contribution is 9.10. The second-order valence-corrected chi connectivity index (χ2v) is 5.95. The number of fused-ring (bicyclic) bond motifs is 1. The molecule has 4 nitrogen and oxygen atoms in total. The van der Waals surface area contributed by atoms with Crippen LogP contribution in [0.25, 0.3) is 11.0 Å². The van der Waals surface area contributed by atoms with Gasteiger partial charge < -0.3 is 10.4 Å². The molecular formula is C14H16BrN3O. The van der Waals surface area contributed by atoms with E-state index in [4.69, 9.17) is 0 Å². The molecule has 1 aliphatic carbocycles. The highest BCUT2D eigenvalue weighted by Crippen LogP contribution is 2.23. The number of hydrogen-bond donors (Lipinski definition) is 2. The van der Waals surface area contributed by atoms with Gasteiger partial charge >= 0.3 is 0 Å². The van der Waals surface area contributed by atoms with Crippen LogP contribution >= 0.6 is 15.9 Å². The van der Waals surface area contributed by atoms with E-state index in [9.17, 15) is 5.11 Å². The van der Waals surface area contributed by atoms with Gasteiger partial charge in [-0.3, -0.25) is 4.98 Å². The SMILES string of the molecule is OC1CCC(Nc2cnc3ccc(Br)cc3n2)CC1. The van der Waals surface area contributed by atoms with E-state index in [0.29, 0.717) is 6.04 Å². The largest absolute Gasteiger partial charge is 0.393 e. The Kier molecular flexibility index (Phi) is 3.66. The highest BCUT2D eigenvalue weighted by atomic mass is 79.9. The van der Waals surface area contributed by atoms with E-state index in [2.05, 4.69) is 31.2 Å². The first-order chi connectivity index (χ1) is 9.20. The van der Waals surface area contributed by atoms with Crippen molar-refractivity contribution >= 4 is 32.8 Å². The van der Waals surface area contributed by atoms with Crippen LogP contribution in [0.4, 0.5) is 5.82 Å². The quantitative estimate of drug-likeness (QED) is 0.892. The molecule has 1 aromatic heterocycles. The lowest BCUT2D eigenvalue weighted by atomic mass is 9.93. The molecule has 1 fully saturated rings. The normalized spacial score (nSPS) is 23.5. The molecule has 0 aliphatic heterocycles. The number of aliphatic hydroxyl groups excluding tert-OH is 1. The molecule has 1 aromatic carbocycles. The summed E-state index contributed by atoms with van der Waals surface area (Å²) < 4.78 is 1.01. The van der Waals surface area contributed by atoms with Gasteiger partial charge in [0.25, 0.3) is 0 Å². The molecule has 2 aromatic rings. The fraction of sp³-hybridized carbons (Fsp3) is 0.429. The highest BCUT2D eigenvalue weighted by Gasteiger charge is 2.19. The van der Waals surface area contributed by atoms with Gasteiger partial charge in [0.2, 0.25) is 0 Å². The molecule has 1 saturated carbocycles. The maximum absolute atomic E-state index is 9.50. The predicted octanol–water partition coefficient (Wildman–Crippen LogP) is 3.11. The van der Waals surface area contributed by atoms with E-state index in [0.717, 1.165) is 47.0 Å². The number of hydrogen-bond acceptors (Lipinski definition) is 4. The summed E-state index contributed by atoms with van der Waals surface area (Å²) in [4.78, 5) is 8.99. The lowest BCUT2D eigenvalue weighted by molar-refractivity contribution is 0.126. The van der Waals surface area contributed by atoms with E-state index in [-0.39, 0.29) is 6.10 Å². The molecule has 100 valence electrons. The molecule has 2 N–H and O–H groups in total. The van der Waals surface area contributed by atoms with Gasteiger partial charge in [-0.1, -0.05) is 15.9 Å². The third-order valence-corrected chi connectivity index (χ3v) is 4.05. The third-order valence-electron chi connectivity index (χ3n) is 3.55. The summed E-state index contributed by atoms with van der Waals surface area (Å²) in [5, 5.41) is 12.9. The maximum Gasteiger partial charge on any atom is 0.145 e. The van der Waals surface area contributed by atoms with Crippen LogP contribution in [0.15, 0.2) is 28.9 Å². The van der Waals surface area contributed by atoms with Crippen LogP contribution in [0.1, 0.15) is 25.7 Å². The summed E-state index contributed by atoms with van der Waals surface area (Å²) in [6, 6.07) is 6.28. The van der Waals surface area contributed by atoms with Crippen molar-refractivity contribution < 1.29 is 5.11 Å². The van der Waals surface area contributed by atoms with E-state index < -0.39 is 0 Å². The van der Waals surface area contributed by atoms with Gasteiger partial charge in [-0.25, -0.2) is 4.98 Å². The van der Waals surface area contributed by atoms with Crippen molar-refractivity contribution in [3.63, 3.8) is 0 Å². The molecule has 1 heterocycles. The van der Waals surface area contributed by atoms with Crippen LogP contribution in [-0.2, 0) is 0 Å². The van der Waals surface area contributed by atoms with Crippen LogP contribution in [0.2, 0.25) is 0 Å². The number of nitrogens with zero attached hydrogens (tertiary/aromatic N) is 2. The molecular weight excluding hydrogens is 306 g/mol. The number of aliphatic hydroxyl groups is 1. The summed E-state index contributed by atoms with van der Waals surface area (Å²) in [5.41, 5.74) is 1.78. The van der Waals surface area contributed by atoms with Crippen molar-refractivity contribution in [1.82, 2.24) is 9.97 Å². The van der Waals surface area contributed by atoms with Crippen LogP contribution < -0.4 is 5.32 Å². The number of aromatic nitrogens is 2. The average Bonchev–Trinajstić information content (AvgIpc) is 2.41. The topological polar surface area (TPSA) is 58.0 Å². The molecule has 19 heavy (non-hydrogen) atoms. The second kappa shape index (κ2) is 5.43. The Labute approximate surface area is 120 Å². The van der Waals surface area contributed by atoms with Crippen LogP contribution in [-0.4, -0.2) is 27.2 Å². The number of halogens is 1. The first kappa shape index (κ1) is 12.8. The second-order valence-electron chi connectivity index (χ2n) is 5.04. The van der Waals surface area contributed by atoms with Crippen molar-refractivity contribution in [2.24, 2.45) is 0 Å². The monoisotopic (exact) mass is 321 g/mol. The lowest BCUT2D eigenvalue weighted by Crippen LogP contribution is -2.28. The van der Waals surface area contributed by atoms with E-state index in [1.165, 1.54) is 0 Å². The molecule has 3 rings (SSSR count). The number of anilines is 1. The minimum absolute atomic E-state index is 0.128. The van der Waals surface area contributed by atoms with Gasteiger partial charge in [0.15, 0.2) is 0 Å². The van der Waals surface area contributed by atoms with Crippen molar-refractivity contribution in [3.8, 4) is 0 Å². The lowest BCUT2D eigenvalue weighted by Gasteiger charge is -2.26. The third kappa shape index (κ3) is 3.04. The molecule has 0 radical (unpaired) electrons. The zero-order valence-corrected chi connectivity index (χ0v) is 12.1. The standard InChI is InChI=1S/C14H16BrN3O/c15-9-1-6-12-13(7-9)18-14(8-16-12)17-10-2-4-11(19)5-3-10/h1,6-8,10-11,19H,2-5H2,(H,17,18). The summed E-state index contributed by atoms with van der Waals surface area (Å²) in [6.07, 6.45) is 5.35. The van der Waals surface area contributed by atoms with Gasteiger partial charge in [-0.05, 0) is 43.9 Å². The summed E-state index contributed by atoms with van der Waals surface area (Å²) in [5.74, 6) is 0.812. The van der Waals surface area contributed by atoms with Gasteiger partial charge in [-0.2, -0.15) is 0 Å². The summed E-state index contributed by atoms with van der Waals surface area (Å²) >= 11 is 3.45. The Balaban J connectivity index is 1.77.